The predicted octanol–water partition coefficient (Wildman–Crippen LogP) is -0.807. The molecule has 0 bridgehead atoms. The fourth-order valence-corrected chi connectivity index (χ4v) is 2.11. The molecule has 1 aliphatic rings. The SMILES string of the molecule is Cc1[nH]c(=O)[nH]c(=O)c1CCC(=O)NCC1(CO)CC1. The van der Waals surface area contributed by atoms with E-state index in [4.69, 9.17) is 5.11 Å². The van der Waals surface area contributed by atoms with Crippen LogP contribution in [-0.4, -0.2) is 34.1 Å². The third-order valence-corrected chi connectivity index (χ3v) is 3.81. The molecular formula is C13H19N3O4. The van der Waals surface area contributed by atoms with Gasteiger partial charge in [-0.3, -0.25) is 14.6 Å². The Labute approximate surface area is 115 Å². The van der Waals surface area contributed by atoms with Crippen LogP contribution in [0, 0.1) is 12.3 Å². The van der Waals surface area contributed by atoms with Crippen LogP contribution in [-0.2, 0) is 11.2 Å². The summed E-state index contributed by atoms with van der Waals surface area (Å²) in [5.74, 6) is -0.158. The van der Waals surface area contributed by atoms with Gasteiger partial charge in [-0.15, -0.1) is 0 Å². The molecule has 1 heterocycles. The molecule has 1 aliphatic carbocycles. The van der Waals surface area contributed by atoms with Gasteiger partial charge < -0.3 is 15.4 Å². The zero-order valence-corrected chi connectivity index (χ0v) is 11.4. The number of amides is 1. The molecule has 1 fully saturated rings. The van der Waals surface area contributed by atoms with E-state index in [0.717, 1.165) is 12.8 Å². The number of aliphatic hydroxyl groups excluding tert-OH is 1. The maximum Gasteiger partial charge on any atom is 0.325 e. The number of carbonyl (C=O) groups excluding carboxylic acids is 1. The van der Waals surface area contributed by atoms with Gasteiger partial charge in [0.15, 0.2) is 0 Å². The maximum atomic E-state index is 11.7. The van der Waals surface area contributed by atoms with Gasteiger partial charge in [-0.1, -0.05) is 0 Å². The summed E-state index contributed by atoms with van der Waals surface area (Å²) < 4.78 is 0. The van der Waals surface area contributed by atoms with E-state index in [1.807, 2.05) is 0 Å². The van der Waals surface area contributed by atoms with Crippen LogP contribution in [0.2, 0.25) is 0 Å². The van der Waals surface area contributed by atoms with Gasteiger partial charge in [0.25, 0.3) is 5.56 Å². The molecule has 1 aromatic rings. The van der Waals surface area contributed by atoms with E-state index >= 15 is 0 Å². The molecule has 7 heteroatoms. The van der Waals surface area contributed by atoms with Gasteiger partial charge in [-0.25, -0.2) is 4.79 Å². The number of aromatic amines is 2. The molecule has 110 valence electrons. The molecule has 0 atom stereocenters. The first-order valence-corrected chi connectivity index (χ1v) is 6.65. The van der Waals surface area contributed by atoms with Crippen LogP contribution in [0.5, 0.6) is 0 Å². The molecule has 1 saturated carbocycles. The number of aryl methyl sites for hydroxylation is 1. The van der Waals surface area contributed by atoms with Crippen LogP contribution in [0.25, 0.3) is 0 Å². The lowest BCUT2D eigenvalue weighted by Gasteiger charge is -2.12. The second-order valence-corrected chi connectivity index (χ2v) is 5.45. The molecule has 0 radical (unpaired) electrons. The van der Waals surface area contributed by atoms with Gasteiger partial charge in [0.2, 0.25) is 5.91 Å². The van der Waals surface area contributed by atoms with Gasteiger partial charge >= 0.3 is 5.69 Å². The standard InChI is InChI=1S/C13H19N3O4/c1-8-9(11(19)16-12(20)15-8)2-3-10(18)14-6-13(7-17)4-5-13/h17H,2-7H2,1H3,(H,14,18)(H2,15,16,19,20). The van der Waals surface area contributed by atoms with E-state index in [1.165, 1.54) is 0 Å². The zero-order valence-electron chi connectivity index (χ0n) is 11.4. The van der Waals surface area contributed by atoms with Crippen molar-refractivity contribution in [1.82, 2.24) is 15.3 Å². The number of nitrogens with one attached hydrogen (secondary N) is 3. The number of hydrogen-bond donors (Lipinski definition) is 4. The highest BCUT2D eigenvalue weighted by Crippen LogP contribution is 2.44. The topological polar surface area (TPSA) is 115 Å². The Morgan fingerprint density at radius 3 is 2.60 bits per heavy atom. The first kappa shape index (κ1) is 14.5. The summed E-state index contributed by atoms with van der Waals surface area (Å²) in [6.07, 6.45) is 2.32. The van der Waals surface area contributed by atoms with E-state index in [-0.39, 0.29) is 30.8 Å². The highest BCUT2D eigenvalue weighted by molar-refractivity contribution is 5.76. The summed E-state index contributed by atoms with van der Waals surface area (Å²) in [5, 5.41) is 11.9. The highest BCUT2D eigenvalue weighted by Gasteiger charge is 2.41. The fourth-order valence-electron chi connectivity index (χ4n) is 2.11. The molecule has 0 unspecified atom stereocenters. The molecule has 0 spiro atoms. The molecule has 0 aromatic carbocycles. The molecule has 0 aliphatic heterocycles. The van der Waals surface area contributed by atoms with Crippen LogP contribution in [0.15, 0.2) is 9.59 Å². The number of hydrogen-bond acceptors (Lipinski definition) is 4. The van der Waals surface area contributed by atoms with Crippen LogP contribution >= 0.6 is 0 Å². The molecular weight excluding hydrogens is 262 g/mol. The molecule has 0 saturated heterocycles. The van der Waals surface area contributed by atoms with Crippen LogP contribution in [0.4, 0.5) is 0 Å². The second-order valence-electron chi connectivity index (χ2n) is 5.45. The van der Waals surface area contributed by atoms with E-state index in [0.29, 0.717) is 17.8 Å². The minimum atomic E-state index is -0.542. The minimum Gasteiger partial charge on any atom is -0.396 e. The van der Waals surface area contributed by atoms with Gasteiger partial charge in [0.1, 0.15) is 0 Å². The number of carbonyl (C=O) groups is 1. The number of rotatable bonds is 6. The van der Waals surface area contributed by atoms with Crippen molar-refractivity contribution in [3.05, 3.63) is 32.1 Å². The third-order valence-electron chi connectivity index (χ3n) is 3.81. The Kier molecular flexibility index (Phi) is 4.08. The van der Waals surface area contributed by atoms with Gasteiger partial charge in [0.05, 0.1) is 6.61 Å². The van der Waals surface area contributed by atoms with Gasteiger partial charge in [-0.05, 0) is 26.2 Å². The van der Waals surface area contributed by atoms with Crippen molar-refractivity contribution in [2.24, 2.45) is 5.41 Å². The summed E-state index contributed by atoms with van der Waals surface area (Å²) in [7, 11) is 0. The Bertz CT molecular complexity index is 613. The van der Waals surface area contributed by atoms with Crippen molar-refractivity contribution in [2.75, 3.05) is 13.2 Å². The second kappa shape index (κ2) is 5.62. The Morgan fingerprint density at radius 2 is 2.05 bits per heavy atom. The molecule has 20 heavy (non-hydrogen) atoms. The first-order chi connectivity index (χ1) is 9.46. The number of H-pyrrole nitrogens is 2. The van der Waals surface area contributed by atoms with Gasteiger partial charge in [-0.2, -0.15) is 0 Å². The maximum absolute atomic E-state index is 11.7. The van der Waals surface area contributed by atoms with Crippen molar-refractivity contribution < 1.29 is 9.90 Å². The number of aliphatic hydroxyl groups is 1. The fraction of sp³-hybridized carbons (Fsp3) is 0.615. The average Bonchev–Trinajstić information content (AvgIpc) is 3.15. The summed E-state index contributed by atoms with van der Waals surface area (Å²) in [6.45, 7) is 2.20. The van der Waals surface area contributed by atoms with Crippen molar-refractivity contribution in [3.8, 4) is 0 Å². The summed E-state index contributed by atoms with van der Waals surface area (Å²) in [4.78, 5) is 39.0. The predicted molar refractivity (Wildman–Crippen MR) is 72.5 cm³/mol. The lowest BCUT2D eigenvalue weighted by Crippen LogP contribution is -2.33. The molecule has 4 N–H and O–H groups in total. The molecule has 2 rings (SSSR count). The van der Waals surface area contributed by atoms with Crippen molar-refractivity contribution in [1.29, 1.82) is 0 Å². The van der Waals surface area contributed by atoms with Crippen LogP contribution < -0.4 is 16.6 Å². The van der Waals surface area contributed by atoms with E-state index < -0.39 is 11.2 Å². The monoisotopic (exact) mass is 281 g/mol. The minimum absolute atomic E-state index is 0.0893. The van der Waals surface area contributed by atoms with Crippen LogP contribution in [0.1, 0.15) is 30.5 Å². The van der Waals surface area contributed by atoms with E-state index in [9.17, 15) is 14.4 Å². The van der Waals surface area contributed by atoms with Crippen LogP contribution in [0.3, 0.4) is 0 Å². The normalized spacial score (nSPS) is 15.9. The average molecular weight is 281 g/mol. The molecule has 1 aromatic heterocycles. The quantitative estimate of drug-likeness (QED) is 0.546. The molecule has 7 nitrogen and oxygen atoms in total. The first-order valence-electron chi connectivity index (χ1n) is 6.65. The smallest absolute Gasteiger partial charge is 0.325 e. The van der Waals surface area contributed by atoms with Crippen molar-refractivity contribution >= 4 is 5.91 Å². The Balaban J connectivity index is 1.87. The molecule has 1 amide bonds. The Morgan fingerprint density at radius 1 is 1.35 bits per heavy atom. The summed E-state index contributed by atoms with van der Waals surface area (Å²) in [5.41, 5.74) is -0.211. The highest BCUT2D eigenvalue weighted by atomic mass is 16.3. The van der Waals surface area contributed by atoms with Crippen molar-refractivity contribution in [2.45, 2.75) is 32.6 Å². The lowest BCUT2D eigenvalue weighted by atomic mass is 10.1. The van der Waals surface area contributed by atoms with Crippen molar-refractivity contribution in [3.63, 3.8) is 0 Å². The summed E-state index contributed by atoms with van der Waals surface area (Å²) in [6, 6.07) is 0. The van der Waals surface area contributed by atoms with E-state index in [1.54, 1.807) is 6.92 Å². The lowest BCUT2D eigenvalue weighted by molar-refractivity contribution is -0.121. The third kappa shape index (κ3) is 3.36. The zero-order chi connectivity index (χ0) is 14.8. The summed E-state index contributed by atoms with van der Waals surface area (Å²) >= 11 is 0. The number of aromatic nitrogens is 2. The largest absolute Gasteiger partial charge is 0.396 e. The Hall–Kier alpha value is -1.89. The van der Waals surface area contributed by atoms with E-state index in [2.05, 4.69) is 15.3 Å². The van der Waals surface area contributed by atoms with Gasteiger partial charge in [0, 0.05) is 29.6 Å².